The van der Waals surface area contributed by atoms with Gasteiger partial charge in [0.2, 0.25) is 0 Å². The first-order valence-corrected chi connectivity index (χ1v) is 20.1. The minimum atomic E-state index is -2.23. The molecule has 0 spiro atoms. The fourth-order valence-corrected chi connectivity index (χ4v) is 20.3. The normalized spacial score (nSPS) is 21.2. The van der Waals surface area contributed by atoms with Crippen LogP contribution in [0.1, 0.15) is 19.8 Å². The van der Waals surface area contributed by atoms with E-state index in [9.17, 15) is 0 Å². The van der Waals surface area contributed by atoms with Crippen molar-refractivity contribution < 1.29 is 4.43 Å². The summed E-state index contributed by atoms with van der Waals surface area (Å²) in [5.74, 6) is 0. The highest BCUT2D eigenvalue weighted by Gasteiger charge is 2.57. The van der Waals surface area contributed by atoms with Crippen molar-refractivity contribution in [3.63, 3.8) is 0 Å². The Kier molecular flexibility index (Phi) is 6.02. The van der Waals surface area contributed by atoms with Gasteiger partial charge in [0.05, 0.1) is 0 Å². The summed E-state index contributed by atoms with van der Waals surface area (Å²) in [6, 6.07) is 22.4. The fraction of sp³-hybridized carbons (Fsp3) is 0.478. The smallest absolute Gasteiger partial charge is 0.258 e. The third-order valence-corrected chi connectivity index (χ3v) is 31.8. The molecule has 1 aliphatic rings. The van der Waals surface area contributed by atoms with Gasteiger partial charge >= 0.3 is 0 Å². The molecule has 1 nitrogen and oxygen atoms in total. The molecular formula is C23H36OSi3. The molecule has 27 heavy (non-hydrogen) atoms. The lowest BCUT2D eigenvalue weighted by Gasteiger charge is -2.48. The van der Waals surface area contributed by atoms with Gasteiger partial charge in [-0.15, -0.1) is 0 Å². The molecule has 0 N–H and O–H groups in total. The van der Waals surface area contributed by atoms with Crippen LogP contribution in [-0.4, -0.2) is 30.1 Å². The predicted molar refractivity (Wildman–Crippen MR) is 127 cm³/mol. The molecule has 0 aromatic heterocycles. The van der Waals surface area contributed by atoms with E-state index in [0.29, 0.717) is 5.54 Å². The molecular weight excluding hydrogens is 377 g/mol. The minimum Gasteiger partial charge on any atom is -0.408 e. The zero-order chi connectivity index (χ0) is 19.7. The van der Waals surface area contributed by atoms with E-state index in [-0.39, 0.29) is 0 Å². The van der Waals surface area contributed by atoms with Gasteiger partial charge < -0.3 is 4.43 Å². The van der Waals surface area contributed by atoms with E-state index < -0.39 is 23.5 Å². The molecule has 2 aromatic rings. The van der Waals surface area contributed by atoms with Gasteiger partial charge in [-0.25, -0.2) is 0 Å². The van der Waals surface area contributed by atoms with Crippen molar-refractivity contribution in [3.8, 4) is 0 Å². The van der Waals surface area contributed by atoms with E-state index in [2.05, 4.69) is 100 Å². The molecule has 0 radical (unpaired) electrons. The monoisotopic (exact) mass is 412 g/mol. The maximum atomic E-state index is 6.89. The lowest BCUT2D eigenvalue weighted by molar-refractivity contribution is 0.357. The molecule has 0 bridgehead atoms. The average molecular weight is 413 g/mol. The largest absolute Gasteiger partial charge is 0.408 e. The summed E-state index contributed by atoms with van der Waals surface area (Å²) in [5.41, 5.74) is 1.53. The van der Waals surface area contributed by atoms with Crippen molar-refractivity contribution in [1.29, 1.82) is 0 Å². The Labute approximate surface area is 169 Å². The van der Waals surface area contributed by atoms with Crippen molar-refractivity contribution in [1.82, 2.24) is 0 Å². The average Bonchev–Trinajstić information content (AvgIpc) is 3.08. The van der Waals surface area contributed by atoms with Crippen LogP contribution in [0.3, 0.4) is 0 Å². The molecule has 2 aromatic carbocycles. The Balaban J connectivity index is 2.19. The summed E-state index contributed by atoms with van der Waals surface area (Å²) in [6.45, 7) is 16.5. The number of rotatable bonds is 6. The molecule has 1 aliphatic heterocycles. The van der Waals surface area contributed by atoms with Crippen LogP contribution >= 0.6 is 0 Å². The lowest BCUT2D eigenvalue weighted by Crippen LogP contribution is -2.65. The maximum absolute atomic E-state index is 6.89. The van der Waals surface area contributed by atoms with Crippen LogP contribution in [0.25, 0.3) is 0 Å². The Bertz CT molecular complexity index is 698. The summed E-state index contributed by atoms with van der Waals surface area (Å²) in [7, 11) is -4.79. The van der Waals surface area contributed by atoms with Crippen LogP contribution in [0.5, 0.6) is 0 Å². The van der Waals surface area contributed by atoms with Crippen LogP contribution in [0.2, 0.25) is 43.8 Å². The molecule has 146 valence electrons. The van der Waals surface area contributed by atoms with Crippen molar-refractivity contribution in [2.45, 2.75) is 63.6 Å². The topological polar surface area (TPSA) is 9.23 Å². The highest BCUT2D eigenvalue weighted by Crippen LogP contribution is 2.50. The number of hydrogen-bond acceptors (Lipinski definition) is 1. The minimum absolute atomic E-state index is 0.695. The molecule has 0 amide bonds. The van der Waals surface area contributed by atoms with Crippen molar-refractivity contribution in [3.05, 3.63) is 60.7 Å². The molecule has 0 aliphatic carbocycles. The summed E-state index contributed by atoms with van der Waals surface area (Å²) in [5, 5.41) is 2.94. The van der Waals surface area contributed by atoms with Gasteiger partial charge in [-0.1, -0.05) is 107 Å². The van der Waals surface area contributed by atoms with Crippen LogP contribution in [0.4, 0.5) is 0 Å². The SMILES string of the molecule is CC[C@H]([C@H]1CCO[Si]1(c1ccccc1)c1ccccc1)[Si](C)(C)[Si](C)(C)C. The van der Waals surface area contributed by atoms with Gasteiger partial charge in [0.1, 0.15) is 0 Å². The Morgan fingerprint density at radius 1 is 0.889 bits per heavy atom. The van der Waals surface area contributed by atoms with Crippen molar-refractivity contribution in [2.75, 3.05) is 6.61 Å². The zero-order valence-corrected chi connectivity index (χ0v) is 21.0. The molecule has 2 atom stereocenters. The number of hydrogen-bond donors (Lipinski definition) is 0. The van der Waals surface area contributed by atoms with Crippen LogP contribution < -0.4 is 10.4 Å². The van der Waals surface area contributed by atoms with E-state index in [0.717, 1.165) is 12.1 Å². The highest BCUT2D eigenvalue weighted by molar-refractivity contribution is 7.41. The summed E-state index contributed by atoms with van der Waals surface area (Å²) < 4.78 is 6.89. The number of benzene rings is 2. The standard InChI is InChI=1S/C23H36OSi3/c1-7-22(26(5,6)25(2,3)4)23-18-19-24-27(23,20-14-10-8-11-15-20)21-16-12-9-13-17-21/h8-17,22-23H,7,18-19H2,1-6H3/t22-,23-/m1/s1. The predicted octanol–water partition coefficient (Wildman–Crippen LogP) is 5.44. The van der Waals surface area contributed by atoms with Gasteiger partial charge in [0.15, 0.2) is 0 Å². The van der Waals surface area contributed by atoms with Crippen LogP contribution in [0, 0.1) is 0 Å². The third-order valence-electron chi connectivity index (χ3n) is 7.47. The quantitative estimate of drug-likeness (QED) is 0.574. The zero-order valence-electron chi connectivity index (χ0n) is 18.0. The molecule has 0 saturated carbocycles. The maximum Gasteiger partial charge on any atom is 0.258 e. The third kappa shape index (κ3) is 3.57. The van der Waals surface area contributed by atoms with Crippen molar-refractivity contribution >= 4 is 33.9 Å². The second-order valence-corrected chi connectivity index (χ2v) is 30.4. The van der Waals surface area contributed by atoms with E-state index in [4.69, 9.17) is 4.43 Å². The van der Waals surface area contributed by atoms with Crippen molar-refractivity contribution in [2.24, 2.45) is 0 Å². The molecule has 1 heterocycles. The van der Waals surface area contributed by atoms with Gasteiger partial charge in [-0.2, -0.15) is 0 Å². The lowest BCUT2D eigenvalue weighted by atomic mass is 10.2. The Hall–Kier alpha value is -0.949. The second kappa shape index (κ2) is 7.82. The van der Waals surface area contributed by atoms with E-state index in [1.165, 1.54) is 23.2 Å². The first-order chi connectivity index (χ1) is 12.7. The Morgan fingerprint density at radius 3 is 1.78 bits per heavy atom. The van der Waals surface area contributed by atoms with Gasteiger partial charge in [-0.05, 0) is 27.9 Å². The first kappa shape index (κ1) is 20.8. The summed E-state index contributed by atoms with van der Waals surface area (Å²) in [4.78, 5) is 0. The molecule has 3 rings (SSSR count). The second-order valence-electron chi connectivity index (χ2n) is 9.70. The van der Waals surface area contributed by atoms with Crippen LogP contribution in [-0.2, 0) is 4.43 Å². The molecule has 1 saturated heterocycles. The molecule has 0 unspecified atom stereocenters. The molecule has 4 heteroatoms. The van der Waals surface area contributed by atoms with Gasteiger partial charge in [0.25, 0.3) is 8.32 Å². The van der Waals surface area contributed by atoms with E-state index in [1.54, 1.807) is 0 Å². The highest BCUT2D eigenvalue weighted by atomic mass is 29.3. The Morgan fingerprint density at radius 2 is 1.37 bits per heavy atom. The first-order valence-electron chi connectivity index (χ1n) is 10.5. The molecule has 1 fully saturated rings. The van der Waals surface area contributed by atoms with Gasteiger partial charge in [0, 0.05) is 21.8 Å². The van der Waals surface area contributed by atoms with Crippen LogP contribution in [0.15, 0.2) is 60.7 Å². The van der Waals surface area contributed by atoms with E-state index >= 15 is 0 Å². The summed E-state index contributed by atoms with van der Waals surface area (Å²) in [6.07, 6.45) is 2.53. The summed E-state index contributed by atoms with van der Waals surface area (Å²) >= 11 is 0. The fourth-order valence-electron chi connectivity index (χ4n) is 5.13. The van der Waals surface area contributed by atoms with E-state index in [1.807, 2.05) is 0 Å². The van der Waals surface area contributed by atoms with Gasteiger partial charge in [-0.3, -0.25) is 0 Å².